The second-order valence-corrected chi connectivity index (χ2v) is 7.07. The molecular weight excluding hydrogens is 342 g/mol. The largest absolute Gasteiger partial charge is 0.324 e. The van der Waals surface area contributed by atoms with E-state index in [4.69, 9.17) is 11.6 Å². The summed E-state index contributed by atoms with van der Waals surface area (Å²) >= 11 is 7.55. The van der Waals surface area contributed by atoms with Crippen molar-refractivity contribution in [2.24, 2.45) is 0 Å². The van der Waals surface area contributed by atoms with Crippen LogP contribution in [-0.4, -0.2) is 20.7 Å². The Bertz CT molecular complexity index is 878. The van der Waals surface area contributed by atoms with Gasteiger partial charge in [-0.15, -0.1) is 0 Å². The van der Waals surface area contributed by atoms with E-state index in [2.05, 4.69) is 21.8 Å². The molecule has 1 atom stereocenters. The molecule has 6 heteroatoms. The molecule has 1 heterocycles. The van der Waals surface area contributed by atoms with Crippen LogP contribution in [0.5, 0.6) is 0 Å². The molecule has 0 radical (unpaired) electrons. The minimum Gasteiger partial charge on any atom is -0.324 e. The van der Waals surface area contributed by atoms with Crippen LogP contribution >= 0.6 is 23.4 Å². The minimum atomic E-state index is -0.289. The van der Waals surface area contributed by atoms with E-state index < -0.39 is 0 Å². The third kappa shape index (κ3) is 3.42. The van der Waals surface area contributed by atoms with Crippen molar-refractivity contribution in [3.8, 4) is 0 Å². The van der Waals surface area contributed by atoms with Gasteiger partial charge in [-0.1, -0.05) is 47.6 Å². The SMILES string of the molecule is CCn1c(SC(C)C(=O)Nc2ccccc2Cl)nc2ccccc21. The molecule has 1 N–H and O–H groups in total. The lowest BCUT2D eigenvalue weighted by Crippen LogP contribution is -2.23. The molecule has 3 rings (SSSR count). The summed E-state index contributed by atoms with van der Waals surface area (Å²) in [6.45, 7) is 4.75. The molecular formula is C18H18ClN3OS. The van der Waals surface area contributed by atoms with Crippen LogP contribution in [0.25, 0.3) is 11.0 Å². The van der Waals surface area contributed by atoms with E-state index in [1.807, 2.05) is 43.3 Å². The lowest BCUT2D eigenvalue weighted by molar-refractivity contribution is -0.115. The van der Waals surface area contributed by atoms with Gasteiger partial charge in [-0.25, -0.2) is 4.98 Å². The number of hydrogen-bond acceptors (Lipinski definition) is 3. The predicted octanol–water partition coefficient (Wildman–Crippen LogP) is 4.83. The molecule has 1 unspecified atom stereocenters. The first-order chi connectivity index (χ1) is 11.6. The van der Waals surface area contributed by atoms with E-state index in [9.17, 15) is 4.79 Å². The van der Waals surface area contributed by atoms with Gasteiger partial charge in [-0.3, -0.25) is 4.79 Å². The van der Waals surface area contributed by atoms with Crippen molar-refractivity contribution in [2.75, 3.05) is 5.32 Å². The number of para-hydroxylation sites is 3. The fourth-order valence-corrected chi connectivity index (χ4v) is 3.63. The Morgan fingerprint density at radius 2 is 1.96 bits per heavy atom. The highest BCUT2D eigenvalue weighted by atomic mass is 35.5. The predicted molar refractivity (Wildman–Crippen MR) is 101 cm³/mol. The van der Waals surface area contributed by atoms with Crippen molar-refractivity contribution in [1.29, 1.82) is 0 Å². The van der Waals surface area contributed by atoms with E-state index in [0.717, 1.165) is 22.7 Å². The molecule has 0 spiro atoms. The first kappa shape index (κ1) is 16.9. The second-order valence-electron chi connectivity index (χ2n) is 5.36. The number of thioether (sulfide) groups is 1. The van der Waals surface area contributed by atoms with Gasteiger partial charge in [0.15, 0.2) is 5.16 Å². The quantitative estimate of drug-likeness (QED) is 0.664. The highest BCUT2D eigenvalue weighted by Crippen LogP contribution is 2.28. The average molecular weight is 360 g/mol. The van der Waals surface area contributed by atoms with E-state index in [0.29, 0.717) is 10.7 Å². The van der Waals surface area contributed by atoms with Crippen LogP contribution in [0, 0.1) is 0 Å². The number of benzene rings is 2. The number of carbonyl (C=O) groups is 1. The summed E-state index contributed by atoms with van der Waals surface area (Å²) in [5, 5.41) is 3.96. The van der Waals surface area contributed by atoms with Gasteiger partial charge < -0.3 is 9.88 Å². The zero-order chi connectivity index (χ0) is 17.1. The maximum absolute atomic E-state index is 12.5. The number of aryl methyl sites for hydroxylation is 1. The summed E-state index contributed by atoms with van der Waals surface area (Å²) in [5.74, 6) is -0.0946. The Balaban J connectivity index is 1.78. The topological polar surface area (TPSA) is 46.9 Å². The summed E-state index contributed by atoms with van der Waals surface area (Å²) in [4.78, 5) is 17.1. The second kappa shape index (κ2) is 7.28. The molecule has 2 aromatic carbocycles. The molecule has 3 aromatic rings. The van der Waals surface area contributed by atoms with Gasteiger partial charge in [0, 0.05) is 6.54 Å². The molecule has 1 amide bonds. The van der Waals surface area contributed by atoms with E-state index >= 15 is 0 Å². The van der Waals surface area contributed by atoms with Crippen molar-refractivity contribution in [3.63, 3.8) is 0 Å². The Morgan fingerprint density at radius 1 is 1.25 bits per heavy atom. The zero-order valence-electron chi connectivity index (χ0n) is 13.5. The molecule has 0 fully saturated rings. The molecule has 1 aromatic heterocycles. The maximum atomic E-state index is 12.5. The number of anilines is 1. The van der Waals surface area contributed by atoms with Crippen molar-refractivity contribution in [2.45, 2.75) is 30.8 Å². The molecule has 0 saturated heterocycles. The standard InChI is InChI=1S/C18H18ClN3OS/c1-3-22-16-11-7-6-10-15(16)21-18(22)24-12(2)17(23)20-14-9-5-4-8-13(14)19/h4-12H,3H2,1-2H3,(H,20,23). The summed E-state index contributed by atoms with van der Waals surface area (Å²) in [6.07, 6.45) is 0. The number of carbonyl (C=O) groups excluding carboxylic acids is 1. The van der Waals surface area contributed by atoms with Gasteiger partial charge in [0.05, 0.1) is 27.0 Å². The third-order valence-corrected chi connectivity index (χ3v) is 5.14. The summed E-state index contributed by atoms with van der Waals surface area (Å²) in [5.41, 5.74) is 2.65. The summed E-state index contributed by atoms with van der Waals surface area (Å²) in [6, 6.07) is 15.2. The van der Waals surface area contributed by atoms with Crippen LogP contribution in [0.3, 0.4) is 0 Å². The molecule has 0 aliphatic heterocycles. The molecule has 0 aliphatic rings. The lowest BCUT2D eigenvalue weighted by atomic mass is 10.3. The van der Waals surface area contributed by atoms with Gasteiger partial charge in [0.25, 0.3) is 0 Å². The monoisotopic (exact) mass is 359 g/mol. The highest BCUT2D eigenvalue weighted by molar-refractivity contribution is 8.00. The fraction of sp³-hybridized carbons (Fsp3) is 0.222. The van der Waals surface area contributed by atoms with Gasteiger partial charge in [0.2, 0.25) is 5.91 Å². The Hall–Kier alpha value is -1.98. The number of imidazole rings is 1. The molecule has 0 bridgehead atoms. The van der Waals surface area contributed by atoms with Crippen molar-refractivity contribution in [1.82, 2.24) is 9.55 Å². The Kier molecular flexibility index (Phi) is 5.11. The lowest BCUT2D eigenvalue weighted by Gasteiger charge is -2.13. The molecule has 24 heavy (non-hydrogen) atoms. The number of hydrogen-bond donors (Lipinski definition) is 1. The molecule has 0 saturated carbocycles. The van der Waals surface area contributed by atoms with Crippen LogP contribution < -0.4 is 5.32 Å². The number of nitrogens with zero attached hydrogens (tertiary/aromatic N) is 2. The van der Waals surface area contributed by atoms with Crippen molar-refractivity contribution >= 4 is 46.0 Å². The van der Waals surface area contributed by atoms with Crippen molar-refractivity contribution in [3.05, 3.63) is 53.6 Å². The van der Waals surface area contributed by atoms with Crippen LogP contribution in [-0.2, 0) is 11.3 Å². The van der Waals surface area contributed by atoms with E-state index in [1.165, 1.54) is 11.8 Å². The number of aromatic nitrogens is 2. The highest BCUT2D eigenvalue weighted by Gasteiger charge is 2.19. The molecule has 4 nitrogen and oxygen atoms in total. The average Bonchev–Trinajstić information content (AvgIpc) is 2.93. The van der Waals surface area contributed by atoms with E-state index in [1.54, 1.807) is 12.1 Å². The number of nitrogens with one attached hydrogen (secondary N) is 1. The van der Waals surface area contributed by atoms with E-state index in [-0.39, 0.29) is 11.2 Å². The van der Waals surface area contributed by atoms with Crippen LogP contribution in [0.2, 0.25) is 5.02 Å². The molecule has 124 valence electrons. The van der Waals surface area contributed by atoms with Gasteiger partial charge >= 0.3 is 0 Å². The fourth-order valence-electron chi connectivity index (χ4n) is 2.46. The summed E-state index contributed by atoms with van der Waals surface area (Å²) in [7, 11) is 0. The van der Waals surface area contributed by atoms with Crippen LogP contribution in [0.1, 0.15) is 13.8 Å². The van der Waals surface area contributed by atoms with Crippen molar-refractivity contribution < 1.29 is 4.79 Å². The first-order valence-electron chi connectivity index (χ1n) is 7.77. The Morgan fingerprint density at radius 3 is 2.71 bits per heavy atom. The number of halogens is 1. The Labute approximate surface area is 150 Å². The minimum absolute atomic E-state index is 0.0946. The number of fused-ring (bicyclic) bond motifs is 1. The number of rotatable bonds is 5. The molecule has 0 aliphatic carbocycles. The zero-order valence-corrected chi connectivity index (χ0v) is 15.1. The van der Waals surface area contributed by atoms with Gasteiger partial charge in [-0.2, -0.15) is 0 Å². The first-order valence-corrected chi connectivity index (χ1v) is 9.03. The van der Waals surface area contributed by atoms with Crippen LogP contribution in [0.15, 0.2) is 53.7 Å². The smallest absolute Gasteiger partial charge is 0.237 e. The third-order valence-electron chi connectivity index (χ3n) is 3.72. The normalized spacial score (nSPS) is 12.3. The number of amides is 1. The van der Waals surface area contributed by atoms with Gasteiger partial charge in [0.1, 0.15) is 0 Å². The summed E-state index contributed by atoms with van der Waals surface area (Å²) < 4.78 is 2.12. The maximum Gasteiger partial charge on any atom is 0.237 e. The van der Waals surface area contributed by atoms with Crippen LogP contribution in [0.4, 0.5) is 5.69 Å². The van der Waals surface area contributed by atoms with Gasteiger partial charge in [-0.05, 0) is 38.1 Å².